The molecule has 1 rings (SSSR count). The second-order valence-corrected chi connectivity index (χ2v) is 2.78. The predicted molar refractivity (Wildman–Crippen MR) is 47.1 cm³/mol. The van der Waals surface area contributed by atoms with Gasteiger partial charge in [0.1, 0.15) is 5.82 Å². The van der Waals surface area contributed by atoms with Gasteiger partial charge in [0.05, 0.1) is 12.5 Å². The van der Waals surface area contributed by atoms with E-state index in [9.17, 15) is 4.79 Å². The fourth-order valence-electron chi connectivity index (χ4n) is 1.20. The third-order valence-corrected chi connectivity index (χ3v) is 1.81. The fraction of sp³-hybridized carbons (Fsp3) is 0.500. The van der Waals surface area contributed by atoms with Crippen LogP contribution in [0, 0.1) is 0 Å². The van der Waals surface area contributed by atoms with E-state index in [-0.39, 0.29) is 6.42 Å². The van der Waals surface area contributed by atoms with Gasteiger partial charge in [-0.15, -0.1) is 0 Å². The summed E-state index contributed by atoms with van der Waals surface area (Å²) < 4.78 is 1.84. The van der Waals surface area contributed by atoms with Crippen molar-refractivity contribution in [3.05, 3.63) is 18.2 Å². The number of carbonyl (C=O) groups is 1. The van der Waals surface area contributed by atoms with E-state index in [4.69, 9.17) is 10.8 Å². The van der Waals surface area contributed by atoms with Crippen LogP contribution < -0.4 is 5.73 Å². The first-order valence-corrected chi connectivity index (χ1v) is 4.13. The van der Waals surface area contributed by atoms with Crippen LogP contribution in [0.5, 0.6) is 0 Å². The quantitative estimate of drug-likeness (QED) is 0.707. The van der Waals surface area contributed by atoms with Gasteiger partial charge in [0, 0.05) is 18.9 Å². The molecule has 0 unspecified atom stereocenters. The summed E-state index contributed by atoms with van der Waals surface area (Å²) in [6, 6.07) is -0.521. The summed E-state index contributed by atoms with van der Waals surface area (Å²) >= 11 is 0. The van der Waals surface area contributed by atoms with Crippen LogP contribution in [0.4, 0.5) is 0 Å². The molecule has 1 heterocycles. The van der Waals surface area contributed by atoms with Gasteiger partial charge in [-0.1, -0.05) is 0 Å². The molecule has 5 heteroatoms. The Balaban J connectivity index is 2.75. The summed E-state index contributed by atoms with van der Waals surface area (Å²) in [6.07, 6.45) is 3.33. The lowest BCUT2D eigenvalue weighted by Crippen LogP contribution is -2.19. The summed E-state index contributed by atoms with van der Waals surface area (Å²) in [6.45, 7) is 2.71. The molecule has 0 aliphatic carbocycles. The number of hydrogen-bond acceptors (Lipinski definition) is 3. The van der Waals surface area contributed by atoms with Crippen LogP contribution in [0.25, 0.3) is 0 Å². The zero-order chi connectivity index (χ0) is 9.84. The minimum Gasteiger partial charge on any atom is -0.481 e. The first kappa shape index (κ1) is 9.73. The van der Waals surface area contributed by atoms with Crippen molar-refractivity contribution in [1.82, 2.24) is 9.55 Å². The van der Waals surface area contributed by atoms with Gasteiger partial charge >= 0.3 is 5.97 Å². The molecule has 0 spiro atoms. The average molecular weight is 183 g/mol. The maximum Gasteiger partial charge on any atom is 0.305 e. The zero-order valence-corrected chi connectivity index (χ0v) is 7.47. The van der Waals surface area contributed by atoms with Gasteiger partial charge < -0.3 is 15.4 Å². The number of nitrogens with two attached hydrogens (primary N) is 1. The van der Waals surface area contributed by atoms with Crippen LogP contribution in [0.3, 0.4) is 0 Å². The van der Waals surface area contributed by atoms with Crippen LogP contribution in [-0.2, 0) is 11.3 Å². The SMILES string of the molecule is CCn1ccnc1[C@H](N)CC(=O)O. The van der Waals surface area contributed by atoms with E-state index >= 15 is 0 Å². The Morgan fingerprint density at radius 2 is 2.54 bits per heavy atom. The van der Waals surface area contributed by atoms with Crippen molar-refractivity contribution >= 4 is 5.97 Å². The van der Waals surface area contributed by atoms with Gasteiger partial charge in [-0.2, -0.15) is 0 Å². The van der Waals surface area contributed by atoms with Crippen molar-refractivity contribution in [3.63, 3.8) is 0 Å². The number of aliphatic carboxylic acids is 1. The van der Waals surface area contributed by atoms with Crippen LogP contribution in [0.2, 0.25) is 0 Å². The van der Waals surface area contributed by atoms with Gasteiger partial charge in [-0.05, 0) is 6.92 Å². The number of rotatable bonds is 4. The number of carboxylic acids is 1. The largest absolute Gasteiger partial charge is 0.481 e. The highest BCUT2D eigenvalue weighted by atomic mass is 16.4. The third kappa shape index (κ3) is 2.29. The molecule has 0 fully saturated rings. The number of aromatic nitrogens is 2. The summed E-state index contributed by atoms with van der Waals surface area (Å²) in [7, 11) is 0. The summed E-state index contributed by atoms with van der Waals surface area (Å²) in [5.41, 5.74) is 5.65. The van der Waals surface area contributed by atoms with Crippen LogP contribution >= 0.6 is 0 Å². The number of carboxylic acid groups (broad SMARTS) is 1. The lowest BCUT2D eigenvalue weighted by Gasteiger charge is -2.10. The standard InChI is InChI=1S/C8H13N3O2/c1-2-11-4-3-10-8(11)6(9)5-7(12)13/h3-4,6H,2,5,9H2,1H3,(H,12,13)/t6-/m1/s1. The maximum atomic E-state index is 10.4. The molecule has 0 radical (unpaired) electrons. The second-order valence-electron chi connectivity index (χ2n) is 2.78. The molecular formula is C8H13N3O2. The Bertz CT molecular complexity index is 295. The highest BCUT2D eigenvalue weighted by Crippen LogP contribution is 2.11. The van der Waals surface area contributed by atoms with Gasteiger partial charge in [0.2, 0.25) is 0 Å². The molecule has 0 aliphatic heterocycles. The van der Waals surface area contributed by atoms with Crippen LogP contribution in [0.15, 0.2) is 12.4 Å². The van der Waals surface area contributed by atoms with Crippen LogP contribution in [-0.4, -0.2) is 20.6 Å². The van der Waals surface area contributed by atoms with Crippen molar-refractivity contribution in [2.75, 3.05) is 0 Å². The molecule has 5 nitrogen and oxygen atoms in total. The van der Waals surface area contributed by atoms with Crippen molar-refractivity contribution in [1.29, 1.82) is 0 Å². The normalized spacial score (nSPS) is 12.8. The van der Waals surface area contributed by atoms with Gasteiger partial charge in [-0.3, -0.25) is 4.79 Å². The lowest BCUT2D eigenvalue weighted by atomic mass is 10.2. The van der Waals surface area contributed by atoms with E-state index in [2.05, 4.69) is 4.98 Å². The minimum atomic E-state index is -0.904. The Morgan fingerprint density at radius 3 is 3.08 bits per heavy atom. The Morgan fingerprint density at radius 1 is 1.85 bits per heavy atom. The summed E-state index contributed by atoms with van der Waals surface area (Å²) in [4.78, 5) is 14.4. The third-order valence-electron chi connectivity index (χ3n) is 1.81. The van der Waals surface area contributed by atoms with E-state index < -0.39 is 12.0 Å². The lowest BCUT2D eigenvalue weighted by molar-refractivity contribution is -0.137. The molecule has 1 aromatic heterocycles. The molecule has 3 N–H and O–H groups in total. The summed E-state index contributed by atoms with van der Waals surface area (Å²) in [5.74, 6) is -0.275. The molecule has 0 saturated carbocycles. The number of nitrogens with zero attached hydrogens (tertiary/aromatic N) is 2. The molecular weight excluding hydrogens is 170 g/mol. The minimum absolute atomic E-state index is 0.0863. The molecule has 0 saturated heterocycles. The van der Waals surface area contributed by atoms with Gasteiger partial charge in [-0.25, -0.2) is 4.98 Å². The molecule has 1 atom stereocenters. The van der Waals surface area contributed by atoms with Crippen molar-refractivity contribution in [2.45, 2.75) is 25.9 Å². The van der Waals surface area contributed by atoms with Crippen molar-refractivity contribution in [2.24, 2.45) is 5.73 Å². The van der Waals surface area contributed by atoms with E-state index in [1.54, 1.807) is 12.4 Å². The average Bonchev–Trinajstić information content (AvgIpc) is 2.49. The Hall–Kier alpha value is -1.36. The zero-order valence-electron chi connectivity index (χ0n) is 7.47. The van der Waals surface area contributed by atoms with E-state index in [1.165, 1.54) is 0 Å². The van der Waals surface area contributed by atoms with E-state index in [1.807, 2.05) is 11.5 Å². The van der Waals surface area contributed by atoms with Crippen LogP contribution in [0.1, 0.15) is 25.2 Å². The Labute approximate surface area is 76.2 Å². The number of aryl methyl sites for hydroxylation is 1. The Kier molecular flexibility index (Phi) is 3.02. The molecule has 13 heavy (non-hydrogen) atoms. The number of hydrogen-bond donors (Lipinski definition) is 2. The highest BCUT2D eigenvalue weighted by Gasteiger charge is 2.14. The first-order valence-electron chi connectivity index (χ1n) is 4.13. The van der Waals surface area contributed by atoms with Gasteiger partial charge in [0.15, 0.2) is 0 Å². The van der Waals surface area contributed by atoms with Crippen molar-refractivity contribution in [3.8, 4) is 0 Å². The number of imidazole rings is 1. The molecule has 0 aliphatic rings. The molecule has 72 valence electrons. The maximum absolute atomic E-state index is 10.4. The monoisotopic (exact) mass is 183 g/mol. The first-order chi connectivity index (χ1) is 6.15. The fourth-order valence-corrected chi connectivity index (χ4v) is 1.20. The highest BCUT2D eigenvalue weighted by molar-refractivity contribution is 5.67. The topological polar surface area (TPSA) is 81.1 Å². The van der Waals surface area contributed by atoms with E-state index in [0.29, 0.717) is 5.82 Å². The van der Waals surface area contributed by atoms with Crippen molar-refractivity contribution < 1.29 is 9.90 Å². The van der Waals surface area contributed by atoms with E-state index in [0.717, 1.165) is 6.54 Å². The molecule has 1 aromatic rings. The predicted octanol–water partition coefficient (Wildman–Crippen LogP) is 0.378. The molecule has 0 bridgehead atoms. The van der Waals surface area contributed by atoms with Gasteiger partial charge in [0.25, 0.3) is 0 Å². The molecule has 0 amide bonds. The molecule has 0 aromatic carbocycles. The second kappa shape index (κ2) is 4.04. The summed E-state index contributed by atoms with van der Waals surface area (Å²) in [5, 5.41) is 8.53. The smallest absolute Gasteiger partial charge is 0.305 e.